The van der Waals surface area contributed by atoms with Gasteiger partial charge in [-0.2, -0.15) is 0 Å². The minimum absolute atomic E-state index is 0.0915. The van der Waals surface area contributed by atoms with Crippen molar-refractivity contribution >= 4 is 49.5 Å². The molecule has 7 heteroatoms. The van der Waals surface area contributed by atoms with E-state index in [1.54, 1.807) is 12.1 Å². The van der Waals surface area contributed by atoms with Crippen molar-refractivity contribution in [2.24, 2.45) is 0 Å². The smallest absolute Gasteiger partial charge is 0.250 e. The Morgan fingerprint density at radius 3 is 2.48 bits per heavy atom. The number of benzene rings is 2. The molecule has 0 spiro atoms. The number of Topliss-reactive ketones (excluding diaryl/α,β-unsaturated/α-hetero) is 1. The van der Waals surface area contributed by atoms with Gasteiger partial charge in [-0.25, -0.2) is 13.1 Å². The van der Waals surface area contributed by atoms with Gasteiger partial charge in [-0.05, 0) is 29.0 Å². The molecule has 0 bridgehead atoms. The molecule has 0 aliphatic carbocycles. The van der Waals surface area contributed by atoms with E-state index < -0.39 is 10.0 Å². The van der Waals surface area contributed by atoms with Crippen molar-refractivity contribution in [1.29, 1.82) is 0 Å². The highest BCUT2D eigenvalue weighted by Crippen LogP contribution is 2.25. The summed E-state index contributed by atoms with van der Waals surface area (Å²) in [6.45, 7) is -0.295. The molecule has 3 rings (SSSR count). The Kier molecular flexibility index (Phi) is 4.50. The summed E-state index contributed by atoms with van der Waals surface area (Å²) >= 11 is 6.69. The van der Waals surface area contributed by atoms with Crippen LogP contribution < -0.4 is 4.72 Å². The average molecular weight is 366 g/mol. The molecule has 2 aromatic carbocycles. The van der Waals surface area contributed by atoms with Crippen LogP contribution in [0.5, 0.6) is 0 Å². The highest BCUT2D eigenvalue weighted by atomic mass is 35.5. The van der Waals surface area contributed by atoms with Gasteiger partial charge in [-0.15, -0.1) is 11.3 Å². The molecular formula is C16H12ClNO3S2. The summed E-state index contributed by atoms with van der Waals surface area (Å²) in [5, 5.41) is 1.96. The summed E-state index contributed by atoms with van der Waals surface area (Å²) in [7, 11) is -3.72. The van der Waals surface area contributed by atoms with E-state index in [9.17, 15) is 13.2 Å². The standard InChI is InChI=1S/C16H12ClNO3S2/c17-15-7-8-16(22-15)23(20,21)18-10-14(19)13-6-5-11-3-1-2-4-12(11)9-13/h1-9,18H,10H2. The Balaban J connectivity index is 1.75. The second-order valence-electron chi connectivity index (χ2n) is 4.87. The molecule has 0 atom stereocenters. The molecule has 23 heavy (non-hydrogen) atoms. The van der Waals surface area contributed by atoms with Crippen molar-refractivity contribution in [3.8, 4) is 0 Å². The van der Waals surface area contributed by atoms with Gasteiger partial charge < -0.3 is 0 Å². The van der Waals surface area contributed by atoms with E-state index in [0.29, 0.717) is 9.90 Å². The SMILES string of the molecule is O=C(CNS(=O)(=O)c1ccc(Cl)s1)c1ccc2ccccc2c1. The fourth-order valence-corrected chi connectivity index (χ4v) is 4.65. The zero-order chi connectivity index (χ0) is 16.4. The van der Waals surface area contributed by atoms with Crippen LogP contribution in [0.4, 0.5) is 0 Å². The lowest BCUT2D eigenvalue weighted by Gasteiger charge is -2.05. The number of hydrogen-bond acceptors (Lipinski definition) is 4. The molecule has 118 valence electrons. The van der Waals surface area contributed by atoms with E-state index in [2.05, 4.69) is 4.72 Å². The van der Waals surface area contributed by atoms with Crippen molar-refractivity contribution in [1.82, 2.24) is 4.72 Å². The van der Waals surface area contributed by atoms with Crippen molar-refractivity contribution in [2.45, 2.75) is 4.21 Å². The number of nitrogens with one attached hydrogen (secondary N) is 1. The first-order chi connectivity index (χ1) is 11.0. The molecular weight excluding hydrogens is 354 g/mol. The zero-order valence-corrected chi connectivity index (χ0v) is 14.2. The lowest BCUT2D eigenvalue weighted by Crippen LogP contribution is -2.29. The van der Waals surface area contributed by atoms with Crippen LogP contribution in [0.25, 0.3) is 10.8 Å². The van der Waals surface area contributed by atoms with Crippen LogP contribution in [-0.4, -0.2) is 20.7 Å². The van der Waals surface area contributed by atoms with E-state index in [-0.39, 0.29) is 16.5 Å². The molecule has 1 aromatic heterocycles. The quantitative estimate of drug-likeness (QED) is 0.701. The van der Waals surface area contributed by atoms with Gasteiger partial charge in [0.05, 0.1) is 10.9 Å². The summed E-state index contributed by atoms with van der Waals surface area (Å²) < 4.78 is 26.9. The van der Waals surface area contributed by atoms with E-state index in [1.165, 1.54) is 12.1 Å². The second kappa shape index (κ2) is 6.41. The molecule has 4 nitrogen and oxygen atoms in total. The van der Waals surface area contributed by atoms with E-state index >= 15 is 0 Å². The van der Waals surface area contributed by atoms with Crippen molar-refractivity contribution in [3.05, 3.63) is 64.5 Å². The first kappa shape index (κ1) is 16.1. The number of hydrogen-bond donors (Lipinski definition) is 1. The first-order valence-electron chi connectivity index (χ1n) is 6.73. The minimum Gasteiger partial charge on any atom is -0.293 e. The third kappa shape index (κ3) is 3.61. The predicted octanol–water partition coefficient (Wildman–Crippen LogP) is 3.72. The van der Waals surface area contributed by atoms with Crippen LogP contribution in [0, 0.1) is 0 Å². The summed E-state index contributed by atoms with van der Waals surface area (Å²) in [6, 6.07) is 15.9. The van der Waals surface area contributed by atoms with Crippen LogP contribution in [0.15, 0.2) is 58.8 Å². The fraction of sp³-hybridized carbons (Fsp3) is 0.0625. The Morgan fingerprint density at radius 2 is 1.78 bits per heavy atom. The van der Waals surface area contributed by atoms with Gasteiger partial charge in [0.25, 0.3) is 10.0 Å². The van der Waals surface area contributed by atoms with Crippen molar-refractivity contribution in [3.63, 3.8) is 0 Å². The summed E-state index contributed by atoms with van der Waals surface area (Å²) in [5.74, 6) is -0.290. The molecule has 0 fully saturated rings. The molecule has 0 amide bonds. The second-order valence-corrected chi connectivity index (χ2v) is 8.58. The van der Waals surface area contributed by atoms with Crippen LogP contribution in [0.3, 0.4) is 0 Å². The van der Waals surface area contributed by atoms with Crippen molar-refractivity contribution < 1.29 is 13.2 Å². The molecule has 1 heterocycles. The average Bonchev–Trinajstić information content (AvgIpc) is 2.99. The fourth-order valence-electron chi connectivity index (χ4n) is 2.14. The maximum Gasteiger partial charge on any atom is 0.250 e. The third-order valence-corrected chi connectivity index (χ3v) is 6.43. The van der Waals surface area contributed by atoms with Gasteiger partial charge in [0.2, 0.25) is 0 Å². The predicted molar refractivity (Wildman–Crippen MR) is 92.8 cm³/mol. The number of thiophene rings is 1. The Labute approximate surface area is 142 Å². The van der Waals surface area contributed by atoms with Gasteiger partial charge in [0, 0.05) is 5.56 Å². The Morgan fingerprint density at radius 1 is 1.04 bits per heavy atom. The van der Waals surface area contributed by atoms with Crippen LogP contribution in [-0.2, 0) is 10.0 Å². The van der Waals surface area contributed by atoms with Gasteiger partial charge >= 0.3 is 0 Å². The number of ketones is 1. The van der Waals surface area contributed by atoms with Gasteiger partial charge in [-0.1, -0.05) is 48.0 Å². The number of rotatable bonds is 5. The molecule has 0 unspecified atom stereocenters. The van der Waals surface area contributed by atoms with E-state index in [4.69, 9.17) is 11.6 Å². The van der Waals surface area contributed by atoms with Gasteiger partial charge in [0.1, 0.15) is 4.21 Å². The lowest BCUT2D eigenvalue weighted by atomic mass is 10.0. The normalized spacial score (nSPS) is 11.7. The van der Waals surface area contributed by atoms with Crippen LogP contribution in [0.1, 0.15) is 10.4 Å². The number of carbonyl (C=O) groups excluding carboxylic acids is 1. The van der Waals surface area contributed by atoms with Gasteiger partial charge in [-0.3, -0.25) is 4.79 Å². The third-order valence-electron chi connectivity index (χ3n) is 3.31. The van der Waals surface area contributed by atoms with Crippen LogP contribution >= 0.6 is 22.9 Å². The molecule has 0 saturated heterocycles. The topological polar surface area (TPSA) is 63.2 Å². The number of halogens is 1. The Hall–Kier alpha value is -1.73. The monoisotopic (exact) mass is 365 g/mol. The summed E-state index contributed by atoms with van der Waals surface area (Å²) in [5.41, 5.74) is 0.468. The molecule has 3 aromatic rings. The van der Waals surface area contributed by atoms with E-state index in [0.717, 1.165) is 22.1 Å². The molecule has 0 aliphatic rings. The highest BCUT2D eigenvalue weighted by Gasteiger charge is 2.18. The zero-order valence-electron chi connectivity index (χ0n) is 11.8. The van der Waals surface area contributed by atoms with Crippen molar-refractivity contribution in [2.75, 3.05) is 6.54 Å². The first-order valence-corrected chi connectivity index (χ1v) is 9.40. The largest absolute Gasteiger partial charge is 0.293 e. The summed E-state index contributed by atoms with van der Waals surface area (Å²) in [6.07, 6.45) is 0. The number of carbonyl (C=O) groups is 1. The molecule has 0 aliphatic heterocycles. The maximum absolute atomic E-state index is 12.2. The molecule has 0 radical (unpaired) electrons. The van der Waals surface area contributed by atoms with Gasteiger partial charge in [0.15, 0.2) is 5.78 Å². The molecule has 1 N–H and O–H groups in total. The van der Waals surface area contributed by atoms with Crippen LogP contribution in [0.2, 0.25) is 4.34 Å². The number of sulfonamides is 1. The number of fused-ring (bicyclic) bond motifs is 1. The highest BCUT2D eigenvalue weighted by molar-refractivity contribution is 7.91. The molecule has 0 saturated carbocycles. The Bertz CT molecular complexity index is 980. The lowest BCUT2D eigenvalue weighted by molar-refractivity contribution is 0.0997. The minimum atomic E-state index is -3.72. The van der Waals surface area contributed by atoms with E-state index in [1.807, 2.05) is 30.3 Å². The summed E-state index contributed by atoms with van der Waals surface area (Å²) in [4.78, 5) is 12.2. The maximum atomic E-state index is 12.2.